The molecule has 0 amide bonds. The molecule has 0 saturated heterocycles. The Morgan fingerprint density at radius 2 is 1.87 bits per heavy atom. The molecule has 4 aromatic rings. The Kier molecular flexibility index (Phi) is 3.09. The lowest BCUT2D eigenvalue weighted by molar-refractivity contribution is 0.665. The summed E-state index contributed by atoms with van der Waals surface area (Å²) in [6.07, 6.45) is 0. The molecule has 0 saturated carbocycles. The van der Waals surface area contributed by atoms with E-state index in [0.717, 1.165) is 38.6 Å². The van der Waals surface area contributed by atoms with E-state index in [2.05, 4.69) is 20.2 Å². The molecular formula is C16H14N6S. The molecular weight excluding hydrogens is 308 g/mol. The Morgan fingerprint density at radius 3 is 2.70 bits per heavy atom. The van der Waals surface area contributed by atoms with Gasteiger partial charge in [-0.2, -0.15) is 15.0 Å². The van der Waals surface area contributed by atoms with Crippen LogP contribution >= 0.6 is 11.3 Å². The Balaban J connectivity index is 1.90. The average Bonchev–Trinajstić information content (AvgIpc) is 3.08. The Bertz CT molecular complexity index is 1020. The fourth-order valence-corrected chi connectivity index (χ4v) is 3.37. The van der Waals surface area contributed by atoms with Crippen LogP contribution in [0.5, 0.6) is 0 Å². The van der Waals surface area contributed by atoms with Crippen LogP contribution in [0, 0.1) is 6.92 Å². The van der Waals surface area contributed by atoms with Crippen LogP contribution in [0.4, 0.5) is 5.13 Å². The second-order valence-corrected chi connectivity index (χ2v) is 6.32. The maximum Gasteiger partial charge on any atom is 0.181 e. The summed E-state index contributed by atoms with van der Waals surface area (Å²) in [5.41, 5.74) is 11.3. The van der Waals surface area contributed by atoms with Gasteiger partial charge in [-0.3, -0.25) is 4.98 Å². The summed E-state index contributed by atoms with van der Waals surface area (Å²) in [4.78, 5) is 11.6. The molecule has 0 spiro atoms. The lowest BCUT2D eigenvalue weighted by Crippen LogP contribution is -1.90. The molecule has 0 aliphatic rings. The molecule has 0 aliphatic carbocycles. The number of hydrogen-bond donors (Lipinski definition) is 1. The van der Waals surface area contributed by atoms with Gasteiger partial charge in [0.2, 0.25) is 0 Å². The van der Waals surface area contributed by atoms with Crippen LogP contribution in [0.15, 0.2) is 36.4 Å². The maximum atomic E-state index is 5.96. The van der Waals surface area contributed by atoms with Crippen molar-refractivity contribution in [2.24, 2.45) is 7.05 Å². The van der Waals surface area contributed by atoms with Crippen molar-refractivity contribution in [1.29, 1.82) is 0 Å². The highest BCUT2D eigenvalue weighted by Gasteiger charge is 2.16. The van der Waals surface area contributed by atoms with Crippen LogP contribution < -0.4 is 5.73 Å². The first-order valence-corrected chi connectivity index (χ1v) is 7.93. The summed E-state index contributed by atoms with van der Waals surface area (Å²) >= 11 is 1.44. The van der Waals surface area contributed by atoms with Gasteiger partial charge >= 0.3 is 0 Å². The van der Waals surface area contributed by atoms with E-state index in [4.69, 9.17) is 5.73 Å². The Hall–Kier alpha value is -2.80. The molecule has 7 heteroatoms. The van der Waals surface area contributed by atoms with Crippen LogP contribution in [0.25, 0.3) is 32.9 Å². The topological polar surface area (TPSA) is 82.5 Å². The summed E-state index contributed by atoms with van der Waals surface area (Å²) in [6.45, 7) is 1.97. The molecule has 0 unspecified atom stereocenters. The van der Waals surface area contributed by atoms with Gasteiger partial charge in [0, 0.05) is 18.3 Å². The van der Waals surface area contributed by atoms with E-state index >= 15 is 0 Å². The summed E-state index contributed by atoms with van der Waals surface area (Å²) in [5.74, 6) is 0. The third kappa shape index (κ3) is 2.44. The highest BCUT2D eigenvalue weighted by molar-refractivity contribution is 7.19. The molecule has 0 fully saturated rings. The van der Waals surface area contributed by atoms with E-state index in [0.29, 0.717) is 5.13 Å². The number of aryl methyl sites for hydroxylation is 2. The van der Waals surface area contributed by atoms with Gasteiger partial charge in [-0.15, -0.1) is 0 Å². The molecule has 3 aromatic heterocycles. The molecule has 4 rings (SSSR count). The smallest absolute Gasteiger partial charge is 0.181 e. The molecule has 23 heavy (non-hydrogen) atoms. The van der Waals surface area contributed by atoms with Gasteiger partial charge in [0.1, 0.15) is 11.0 Å². The summed E-state index contributed by atoms with van der Waals surface area (Å²) in [7, 11) is 1.81. The summed E-state index contributed by atoms with van der Waals surface area (Å²) in [6, 6.07) is 11.9. The van der Waals surface area contributed by atoms with Crippen molar-refractivity contribution in [3.63, 3.8) is 0 Å². The van der Waals surface area contributed by atoms with Crippen LogP contribution in [0.3, 0.4) is 0 Å². The van der Waals surface area contributed by atoms with Gasteiger partial charge in [-0.25, -0.2) is 4.98 Å². The molecule has 0 atom stereocenters. The largest absolute Gasteiger partial charge is 0.375 e. The maximum absolute atomic E-state index is 5.96. The minimum absolute atomic E-state index is 0.526. The van der Waals surface area contributed by atoms with E-state index in [1.807, 2.05) is 50.4 Å². The predicted octanol–water partition coefficient (Wildman–Crippen LogP) is 3.04. The van der Waals surface area contributed by atoms with Crippen molar-refractivity contribution in [2.75, 3.05) is 5.73 Å². The Morgan fingerprint density at radius 1 is 1.04 bits per heavy atom. The molecule has 0 bridgehead atoms. The number of pyridine rings is 1. The first kappa shape index (κ1) is 13.8. The van der Waals surface area contributed by atoms with Crippen molar-refractivity contribution >= 4 is 27.5 Å². The monoisotopic (exact) mass is 322 g/mol. The van der Waals surface area contributed by atoms with Crippen LogP contribution in [0.1, 0.15) is 5.69 Å². The number of benzene rings is 1. The fraction of sp³-hybridized carbons (Fsp3) is 0.125. The number of nitrogens with zero attached hydrogens (tertiary/aromatic N) is 5. The predicted molar refractivity (Wildman–Crippen MR) is 92.0 cm³/mol. The minimum Gasteiger partial charge on any atom is -0.375 e. The van der Waals surface area contributed by atoms with Crippen molar-refractivity contribution in [3.8, 4) is 21.8 Å². The number of nitrogens with two attached hydrogens (primary N) is 1. The van der Waals surface area contributed by atoms with Gasteiger partial charge in [0.05, 0.1) is 16.3 Å². The molecule has 1 aromatic carbocycles. The molecule has 6 nitrogen and oxygen atoms in total. The van der Waals surface area contributed by atoms with Crippen molar-refractivity contribution < 1.29 is 0 Å². The highest BCUT2D eigenvalue weighted by atomic mass is 32.1. The number of hydrogen-bond acceptors (Lipinski definition) is 6. The number of anilines is 1. The van der Waals surface area contributed by atoms with E-state index in [1.54, 1.807) is 4.80 Å². The van der Waals surface area contributed by atoms with Crippen LogP contribution in [0.2, 0.25) is 0 Å². The van der Waals surface area contributed by atoms with E-state index in [-0.39, 0.29) is 0 Å². The van der Waals surface area contributed by atoms with Gasteiger partial charge in [-0.1, -0.05) is 23.5 Å². The average molecular weight is 322 g/mol. The summed E-state index contributed by atoms with van der Waals surface area (Å²) in [5, 5.41) is 9.18. The first-order valence-electron chi connectivity index (χ1n) is 7.12. The molecule has 2 N–H and O–H groups in total. The van der Waals surface area contributed by atoms with Gasteiger partial charge in [-0.05, 0) is 31.2 Å². The molecule has 3 heterocycles. The standard InChI is InChI=1S/C16H14N6S/c1-9-4-3-5-12(18-9)15-14(19-16(17)23-15)10-6-7-11-13(8-10)21-22(2)20-11/h3-8H,1-2H3,(H2,17,19). The zero-order chi connectivity index (χ0) is 16.0. The zero-order valence-electron chi connectivity index (χ0n) is 12.7. The zero-order valence-corrected chi connectivity index (χ0v) is 13.5. The van der Waals surface area contributed by atoms with Crippen molar-refractivity contribution in [2.45, 2.75) is 6.92 Å². The van der Waals surface area contributed by atoms with Crippen molar-refractivity contribution in [1.82, 2.24) is 25.0 Å². The third-order valence-corrected chi connectivity index (χ3v) is 4.43. The normalized spacial score (nSPS) is 11.2. The molecule has 114 valence electrons. The highest BCUT2D eigenvalue weighted by Crippen LogP contribution is 2.37. The third-order valence-electron chi connectivity index (χ3n) is 3.52. The lowest BCUT2D eigenvalue weighted by Gasteiger charge is -2.03. The number of rotatable bonds is 2. The van der Waals surface area contributed by atoms with E-state index < -0.39 is 0 Å². The quantitative estimate of drug-likeness (QED) is 0.613. The van der Waals surface area contributed by atoms with Gasteiger partial charge < -0.3 is 5.73 Å². The second kappa shape index (κ2) is 5.13. The molecule has 0 aliphatic heterocycles. The fourth-order valence-electron chi connectivity index (χ4n) is 2.55. The number of aromatic nitrogens is 5. The lowest BCUT2D eigenvalue weighted by atomic mass is 10.1. The summed E-state index contributed by atoms with van der Waals surface area (Å²) < 4.78 is 0. The second-order valence-electron chi connectivity index (χ2n) is 5.29. The Labute approximate surface area is 136 Å². The van der Waals surface area contributed by atoms with E-state index in [1.165, 1.54) is 11.3 Å². The molecule has 0 radical (unpaired) electrons. The van der Waals surface area contributed by atoms with Crippen molar-refractivity contribution in [3.05, 3.63) is 42.1 Å². The van der Waals surface area contributed by atoms with E-state index in [9.17, 15) is 0 Å². The number of thiazole rings is 1. The number of fused-ring (bicyclic) bond motifs is 1. The van der Waals surface area contributed by atoms with Gasteiger partial charge in [0.15, 0.2) is 5.13 Å². The van der Waals surface area contributed by atoms with Crippen LogP contribution in [-0.2, 0) is 7.05 Å². The first-order chi connectivity index (χ1) is 11.1. The minimum atomic E-state index is 0.526. The number of nitrogen functional groups attached to an aromatic ring is 1. The van der Waals surface area contributed by atoms with Crippen LogP contribution in [-0.4, -0.2) is 25.0 Å². The van der Waals surface area contributed by atoms with Gasteiger partial charge in [0.25, 0.3) is 0 Å². The SMILES string of the molecule is Cc1cccc(-c2sc(N)nc2-c2ccc3nn(C)nc3c2)n1.